The van der Waals surface area contributed by atoms with E-state index in [0.29, 0.717) is 0 Å². The lowest BCUT2D eigenvalue weighted by molar-refractivity contribution is 0.505. The van der Waals surface area contributed by atoms with Gasteiger partial charge in [0.15, 0.2) is 6.29 Å². The van der Waals surface area contributed by atoms with Crippen LogP contribution in [0.5, 0.6) is 0 Å². The molecule has 6 rings (SSSR count). The second kappa shape index (κ2) is 7.45. The maximum absolute atomic E-state index is 2.57. The van der Waals surface area contributed by atoms with Crippen LogP contribution in [0.25, 0.3) is 0 Å². The van der Waals surface area contributed by atoms with Crippen molar-refractivity contribution in [3.63, 3.8) is 0 Å². The number of para-hydroxylation sites is 2. The molecule has 0 radical (unpaired) electrons. The lowest BCUT2D eigenvalue weighted by atomic mass is 9.97. The van der Waals surface area contributed by atoms with E-state index in [1.807, 2.05) is 0 Å². The maximum Gasteiger partial charge on any atom is 0.186 e. The average Bonchev–Trinajstić information content (AvgIpc) is 2.81. The molecule has 0 N–H and O–H groups in total. The van der Waals surface area contributed by atoms with E-state index in [4.69, 9.17) is 0 Å². The molecule has 0 aliphatic carbocycles. The summed E-state index contributed by atoms with van der Waals surface area (Å²) in [4.78, 5) is 7.62. The molecule has 2 aliphatic heterocycles. The first-order chi connectivity index (χ1) is 15.7. The molecule has 158 valence electrons. The minimum Gasteiger partial charge on any atom is -0.329 e. The van der Waals surface area contributed by atoms with Gasteiger partial charge in [-0.15, -0.1) is 0 Å². The Kier molecular flexibility index (Phi) is 4.43. The zero-order chi connectivity index (χ0) is 21.7. The van der Waals surface area contributed by atoms with Crippen molar-refractivity contribution in [3.8, 4) is 0 Å². The van der Waals surface area contributed by atoms with E-state index >= 15 is 0 Å². The molecule has 0 atom stereocenters. The lowest BCUT2D eigenvalue weighted by Crippen LogP contribution is -2.62. The molecule has 2 aliphatic rings. The fourth-order valence-electron chi connectivity index (χ4n) is 5.23. The summed E-state index contributed by atoms with van der Waals surface area (Å²) >= 11 is 0. The molecular formula is C29H27N3. The van der Waals surface area contributed by atoms with Crippen LogP contribution >= 0.6 is 0 Å². The molecule has 2 bridgehead atoms. The molecule has 2 heterocycles. The zero-order valence-electron chi connectivity index (χ0n) is 18.6. The van der Waals surface area contributed by atoms with Gasteiger partial charge in [0.25, 0.3) is 0 Å². The minimum absolute atomic E-state index is 0.0604. The number of nitrogens with zero attached hydrogens (tertiary/aromatic N) is 3. The van der Waals surface area contributed by atoms with Gasteiger partial charge in [-0.2, -0.15) is 0 Å². The van der Waals surface area contributed by atoms with E-state index in [0.717, 1.165) is 13.1 Å². The highest BCUT2D eigenvalue weighted by Gasteiger charge is 2.41. The summed E-state index contributed by atoms with van der Waals surface area (Å²) in [7, 11) is 0. The fourth-order valence-corrected chi connectivity index (χ4v) is 5.23. The third kappa shape index (κ3) is 3.04. The molecule has 4 aromatic rings. The Balaban J connectivity index is 1.58. The van der Waals surface area contributed by atoms with Crippen LogP contribution < -0.4 is 14.7 Å². The average molecular weight is 418 g/mol. The Hall–Kier alpha value is -3.72. The van der Waals surface area contributed by atoms with Crippen molar-refractivity contribution in [2.24, 2.45) is 0 Å². The van der Waals surface area contributed by atoms with Gasteiger partial charge in [0.05, 0.1) is 0 Å². The van der Waals surface area contributed by atoms with E-state index in [9.17, 15) is 0 Å². The largest absolute Gasteiger partial charge is 0.329 e. The predicted molar refractivity (Wildman–Crippen MR) is 134 cm³/mol. The second-order valence-corrected chi connectivity index (χ2v) is 8.91. The van der Waals surface area contributed by atoms with Gasteiger partial charge < -0.3 is 14.7 Å². The molecular weight excluding hydrogens is 390 g/mol. The Labute approximate surface area is 190 Å². The normalized spacial score (nSPS) is 14.7. The third-order valence-corrected chi connectivity index (χ3v) is 6.63. The second-order valence-electron chi connectivity index (χ2n) is 8.91. The molecule has 0 spiro atoms. The lowest BCUT2D eigenvalue weighted by Gasteiger charge is -2.55. The number of anilines is 4. The Morgan fingerprint density at radius 3 is 1.47 bits per heavy atom. The SMILES string of the molecule is Cc1ccc2c(c1)CN1c3ccc(C)cc3CN2C1N(c1ccccc1)c1ccccc1. The maximum atomic E-state index is 2.57. The van der Waals surface area contributed by atoms with Gasteiger partial charge >= 0.3 is 0 Å². The third-order valence-electron chi connectivity index (χ3n) is 6.63. The van der Waals surface area contributed by atoms with E-state index in [-0.39, 0.29) is 6.29 Å². The van der Waals surface area contributed by atoms with Gasteiger partial charge in [0, 0.05) is 35.8 Å². The number of fused-ring (bicyclic) bond motifs is 6. The summed E-state index contributed by atoms with van der Waals surface area (Å²) in [6.45, 7) is 6.16. The summed E-state index contributed by atoms with van der Waals surface area (Å²) < 4.78 is 0. The van der Waals surface area contributed by atoms with Crippen LogP contribution in [0.2, 0.25) is 0 Å². The van der Waals surface area contributed by atoms with Gasteiger partial charge in [0.1, 0.15) is 0 Å². The first-order valence-corrected chi connectivity index (χ1v) is 11.3. The van der Waals surface area contributed by atoms with Crippen molar-refractivity contribution in [2.75, 3.05) is 14.7 Å². The number of rotatable bonds is 3. The molecule has 0 aromatic heterocycles. The summed E-state index contributed by atoms with van der Waals surface area (Å²) in [5, 5.41) is 0. The van der Waals surface area contributed by atoms with Crippen LogP contribution in [-0.4, -0.2) is 6.29 Å². The number of hydrogen-bond donors (Lipinski definition) is 0. The number of aryl methyl sites for hydroxylation is 2. The highest BCUT2D eigenvalue weighted by Crippen LogP contribution is 2.45. The van der Waals surface area contributed by atoms with Crippen molar-refractivity contribution in [3.05, 3.63) is 119 Å². The van der Waals surface area contributed by atoms with E-state index in [2.05, 4.69) is 126 Å². The quantitative estimate of drug-likeness (QED) is 0.364. The first-order valence-electron chi connectivity index (χ1n) is 11.3. The molecule has 32 heavy (non-hydrogen) atoms. The minimum atomic E-state index is 0.0604. The molecule has 3 heteroatoms. The van der Waals surface area contributed by atoms with E-state index < -0.39 is 0 Å². The summed E-state index contributed by atoms with van der Waals surface area (Å²) in [6, 6.07) is 35.3. The van der Waals surface area contributed by atoms with Gasteiger partial charge in [-0.3, -0.25) is 0 Å². The van der Waals surface area contributed by atoms with Crippen LogP contribution in [0.15, 0.2) is 97.1 Å². The smallest absolute Gasteiger partial charge is 0.186 e. The molecule has 4 aromatic carbocycles. The van der Waals surface area contributed by atoms with E-state index in [1.165, 1.54) is 45.0 Å². The Morgan fingerprint density at radius 1 is 0.594 bits per heavy atom. The van der Waals surface area contributed by atoms with Crippen molar-refractivity contribution in [2.45, 2.75) is 33.2 Å². The van der Waals surface area contributed by atoms with Gasteiger partial charge in [0.2, 0.25) is 0 Å². The van der Waals surface area contributed by atoms with Gasteiger partial charge in [-0.1, -0.05) is 71.8 Å². The Bertz CT molecular complexity index is 1170. The van der Waals surface area contributed by atoms with Gasteiger partial charge in [-0.05, 0) is 61.4 Å². The molecule has 0 fully saturated rings. The van der Waals surface area contributed by atoms with Crippen LogP contribution in [-0.2, 0) is 13.1 Å². The molecule has 3 nitrogen and oxygen atoms in total. The zero-order valence-corrected chi connectivity index (χ0v) is 18.6. The Morgan fingerprint density at radius 2 is 1.03 bits per heavy atom. The van der Waals surface area contributed by atoms with Gasteiger partial charge in [-0.25, -0.2) is 0 Å². The van der Waals surface area contributed by atoms with Crippen molar-refractivity contribution >= 4 is 22.7 Å². The standard InChI is InChI=1S/C29H27N3/c1-21-13-15-27-23(17-21)19-30-28-16-14-22(2)18-24(28)20-31(27)29(30)32(25-9-5-3-6-10-25)26-11-7-4-8-12-26/h3-18,29H,19-20H2,1-2H3. The van der Waals surface area contributed by atoms with E-state index in [1.54, 1.807) is 0 Å². The van der Waals surface area contributed by atoms with Crippen LogP contribution in [0.3, 0.4) is 0 Å². The van der Waals surface area contributed by atoms with Crippen LogP contribution in [0.4, 0.5) is 22.7 Å². The van der Waals surface area contributed by atoms with Crippen LogP contribution in [0.1, 0.15) is 22.3 Å². The monoisotopic (exact) mass is 417 g/mol. The highest BCUT2D eigenvalue weighted by molar-refractivity contribution is 5.75. The topological polar surface area (TPSA) is 9.72 Å². The molecule has 0 saturated heterocycles. The van der Waals surface area contributed by atoms with Crippen molar-refractivity contribution in [1.29, 1.82) is 0 Å². The molecule has 0 saturated carbocycles. The summed E-state index contributed by atoms with van der Waals surface area (Å²) in [5.74, 6) is 0. The summed E-state index contributed by atoms with van der Waals surface area (Å²) in [6.07, 6.45) is 0.0604. The summed E-state index contributed by atoms with van der Waals surface area (Å²) in [5.41, 5.74) is 10.5. The predicted octanol–water partition coefficient (Wildman–Crippen LogP) is 6.77. The fraction of sp³-hybridized carbons (Fsp3) is 0.172. The van der Waals surface area contributed by atoms with Crippen molar-refractivity contribution < 1.29 is 0 Å². The molecule has 0 amide bonds. The first kappa shape index (κ1) is 19.0. The number of hydrogen-bond acceptors (Lipinski definition) is 3. The number of benzene rings is 4. The van der Waals surface area contributed by atoms with Crippen molar-refractivity contribution in [1.82, 2.24) is 0 Å². The van der Waals surface area contributed by atoms with Crippen LogP contribution in [0, 0.1) is 13.8 Å². The highest BCUT2D eigenvalue weighted by atomic mass is 15.5. The molecule has 0 unspecified atom stereocenters.